The molecule has 0 aromatic rings. The maximum atomic E-state index is 6.30. The third kappa shape index (κ3) is 6.11. The molecule has 120 valence electrons. The van der Waals surface area contributed by atoms with Crippen molar-refractivity contribution in [1.29, 1.82) is 0 Å². The standard InChI is InChI=1S/C17H35NO2/c1-5-11-18-14-17(20-13-6-12-19-4)9-7-16(8-10-17)15(2)3/h15-16,18H,5-14H2,1-4H3. The summed E-state index contributed by atoms with van der Waals surface area (Å²) < 4.78 is 11.4. The van der Waals surface area contributed by atoms with Crippen molar-refractivity contribution in [2.45, 2.75) is 64.9 Å². The average Bonchev–Trinajstić information content (AvgIpc) is 2.45. The monoisotopic (exact) mass is 285 g/mol. The highest BCUT2D eigenvalue weighted by Gasteiger charge is 2.36. The van der Waals surface area contributed by atoms with Crippen molar-refractivity contribution in [2.75, 3.05) is 33.4 Å². The van der Waals surface area contributed by atoms with Crippen LogP contribution in [0.25, 0.3) is 0 Å². The summed E-state index contributed by atoms with van der Waals surface area (Å²) in [5.41, 5.74) is 0.0777. The van der Waals surface area contributed by atoms with Gasteiger partial charge in [0.25, 0.3) is 0 Å². The van der Waals surface area contributed by atoms with Crippen molar-refractivity contribution in [3.8, 4) is 0 Å². The van der Waals surface area contributed by atoms with Crippen molar-refractivity contribution in [1.82, 2.24) is 5.32 Å². The second-order valence-electron chi connectivity index (χ2n) is 6.64. The van der Waals surface area contributed by atoms with Crippen LogP contribution in [0.5, 0.6) is 0 Å². The Morgan fingerprint density at radius 3 is 2.45 bits per heavy atom. The van der Waals surface area contributed by atoms with Crippen LogP contribution in [0.2, 0.25) is 0 Å². The van der Waals surface area contributed by atoms with Crippen LogP contribution < -0.4 is 5.32 Å². The maximum Gasteiger partial charge on any atom is 0.0806 e. The molecule has 0 radical (unpaired) electrons. The zero-order valence-electron chi connectivity index (χ0n) is 14.0. The van der Waals surface area contributed by atoms with Gasteiger partial charge in [-0.1, -0.05) is 20.8 Å². The van der Waals surface area contributed by atoms with Crippen molar-refractivity contribution in [2.24, 2.45) is 11.8 Å². The molecule has 3 heteroatoms. The Kier molecular flexibility index (Phi) is 8.74. The zero-order valence-corrected chi connectivity index (χ0v) is 14.0. The highest BCUT2D eigenvalue weighted by Crippen LogP contribution is 2.37. The fourth-order valence-corrected chi connectivity index (χ4v) is 3.19. The minimum absolute atomic E-state index is 0.0777. The molecule has 0 aromatic carbocycles. The van der Waals surface area contributed by atoms with Crippen LogP contribution >= 0.6 is 0 Å². The minimum Gasteiger partial charge on any atom is -0.385 e. The first kappa shape index (κ1) is 17.9. The number of rotatable bonds is 10. The van der Waals surface area contributed by atoms with Gasteiger partial charge >= 0.3 is 0 Å². The maximum absolute atomic E-state index is 6.30. The Morgan fingerprint density at radius 2 is 1.90 bits per heavy atom. The molecule has 0 atom stereocenters. The van der Waals surface area contributed by atoms with Gasteiger partial charge in [-0.2, -0.15) is 0 Å². The van der Waals surface area contributed by atoms with Crippen molar-refractivity contribution in [3.63, 3.8) is 0 Å². The van der Waals surface area contributed by atoms with Crippen LogP contribution in [0.3, 0.4) is 0 Å². The van der Waals surface area contributed by atoms with E-state index >= 15 is 0 Å². The predicted molar refractivity (Wildman–Crippen MR) is 85.1 cm³/mol. The predicted octanol–water partition coefficient (Wildman–Crippen LogP) is 3.62. The molecule has 0 amide bonds. The van der Waals surface area contributed by atoms with Gasteiger partial charge in [0.2, 0.25) is 0 Å². The quantitative estimate of drug-likeness (QED) is 0.622. The van der Waals surface area contributed by atoms with E-state index in [1.165, 1.54) is 32.1 Å². The number of hydrogen-bond donors (Lipinski definition) is 1. The van der Waals surface area contributed by atoms with E-state index in [4.69, 9.17) is 9.47 Å². The van der Waals surface area contributed by atoms with Gasteiger partial charge in [0.05, 0.1) is 5.60 Å². The highest BCUT2D eigenvalue weighted by molar-refractivity contribution is 4.90. The molecule has 0 saturated heterocycles. The van der Waals surface area contributed by atoms with E-state index in [2.05, 4.69) is 26.1 Å². The first-order valence-electron chi connectivity index (χ1n) is 8.47. The lowest BCUT2D eigenvalue weighted by molar-refractivity contribution is -0.0831. The first-order valence-corrected chi connectivity index (χ1v) is 8.47. The molecule has 1 aliphatic rings. The Balaban J connectivity index is 2.43. The van der Waals surface area contributed by atoms with Crippen molar-refractivity contribution in [3.05, 3.63) is 0 Å². The SMILES string of the molecule is CCCNCC1(OCCCOC)CCC(C(C)C)CC1. The van der Waals surface area contributed by atoms with E-state index in [9.17, 15) is 0 Å². The summed E-state index contributed by atoms with van der Waals surface area (Å²) in [4.78, 5) is 0. The lowest BCUT2D eigenvalue weighted by atomic mass is 9.74. The van der Waals surface area contributed by atoms with Crippen LogP contribution in [0.4, 0.5) is 0 Å². The number of nitrogens with one attached hydrogen (secondary N) is 1. The van der Waals surface area contributed by atoms with Crippen molar-refractivity contribution >= 4 is 0 Å². The van der Waals surface area contributed by atoms with Crippen LogP contribution in [-0.2, 0) is 9.47 Å². The molecule has 0 bridgehead atoms. The molecule has 1 aliphatic carbocycles. The van der Waals surface area contributed by atoms with Crippen LogP contribution in [0.15, 0.2) is 0 Å². The summed E-state index contributed by atoms with van der Waals surface area (Å²) in [5.74, 6) is 1.70. The van der Waals surface area contributed by atoms with E-state index in [0.29, 0.717) is 0 Å². The summed E-state index contributed by atoms with van der Waals surface area (Å²) in [6, 6.07) is 0. The molecule has 1 rings (SSSR count). The Hall–Kier alpha value is -0.120. The van der Waals surface area contributed by atoms with Gasteiger partial charge in [0, 0.05) is 26.9 Å². The van der Waals surface area contributed by atoms with E-state index in [1.807, 2.05) is 0 Å². The summed E-state index contributed by atoms with van der Waals surface area (Å²) in [6.07, 6.45) is 7.23. The Labute approximate surface area is 125 Å². The van der Waals surface area contributed by atoms with Gasteiger partial charge in [0.15, 0.2) is 0 Å². The molecule has 1 N–H and O–H groups in total. The molecule has 0 heterocycles. The fourth-order valence-electron chi connectivity index (χ4n) is 3.19. The molecule has 1 saturated carbocycles. The zero-order chi connectivity index (χ0) is 14.8. The van der Waals surface area contributed by atoms with Gasteiger partial charge in [0.1, 0.15) is 0 Å². The smallest absolute Gasteiger partial charge is 0.0806 e. The van der Waals surface area contributed by atoms with Gasteiger partial charge in [-0.05, 0) is 56.9 Å². The molecule has 0 aliphatic heterocycles. The van der Waals surface area contributed by atoms with Gasteiger partial charge in [-0.3, -0.25) is 0 Å². The Morgan fingerprint density at radius 1 is 1.20 bits per heavy atom. The topological polar surface area (TPSA) is 30.5 Å². The van der Waals surface area contributed by atoms with Gasteiger partial charge < -0.3 is 14.8 Å². The molecule has 20 heavy (non-hydrogen) atoms. The molecular formula is C17H35NO2. The largest absolute Gasteiger partial charge is 0.385 e. The first-order chi connectivity index (χ1) is 9.63. The van der Waals surface area contributed by atoms with Gasteiger partial charge in [-0.15, -0.1) is 0 Å². The van der Waals surface area contributed by atoms with Crippen LogP contribution in [-0.4, -0.2) is 39.0 Å². The number of methoxy groups -OCH3 is 1. The summed E-state index contributed by atoms with van der Waals surface area (Å²) in [6.45, 7) is 10.7. The Bertz CT molecular complexity index is 235. The number of ether oxygens (including phenoxy) is 2. The van der Waals surface area contributed by atoms with E-state index in [-0.39, 0.29) is 5.60 Å². The second-order valence-corrected chi connectivity index (χ2v) is 6.64. The molecular weight excluding hydrogens is 250 g/mol. The molecule has 0 spiro atoms. The van der Waals surface area contributed by atoms with Gasteiger partial charge in [-0.25, -0.2) is 0 Å². The van der Waals surface area contributed by atoms with E-state index in [1.54, 1.807) is 7.11 Å². The van der Waals surface area contributed by atoms with E-state index in [0.717, 1.165) is 44.6 Å². The minimum atomic E-state index is 0.0777. The number of hydrogen-bond acceptors (Lipinski definition) is 3. The summed E-state index contributed by atoms with van der Waals surface area (Å²) >= 11 is 0. The second kappa shape index (κ2) is 9.75. The summed E-state index contributed by atoms with van der Waals surface area (Å²) in [5, 5.41) is 3.57. The average molecular weight is 285 g/mol. The lowest BCUT2D eigenvalue weighted by Gasteiger charge is -2.41. The molecule has 0 aromatic heterocycles. The fraction of sp³-hybridized carbons (Fsp3) is 1.00. The molecule has 0 unspecified atom stereocenters. The summed E-state index contributed by atoms with van der Waals surface area (Å²) in [7, 11) is 1.76. The van der Waals surface area contributed by atoms with E-state index < -0.39 is 0 Å². The third-order valence-electron chi connectivity index (χ3n) is 4.66. The lowest BCUT2D eigenvalue weighted by Crippen LogP contribution is -2.47. The van der Waals surface area contributed by atoms with Crippen LogP contribution in [0, 0.1) is 11.8 Å². The molecule has 1 fully saturated rings. The third-order valence-corrected chi connectivity index (χ3v) is 4.66. The normalized spacial score (nSPS) is 27.1. The highest BCUT2D eigenvalue weighted by atomic mass is 16.5. The van der Waals surface area contributed by atoms with Crippen molar-refractivity contribution < 1.29 is 9.47 Å². The van der Waals surface area contributed by atoms with Crippen LogP contribution in [0.1, 0.15) is 59.3 Å². The molecule has 3 nitrogen and oxygen atoms in total.